The van der Waals surface area contributed by atoms with Crippen molar-refractivity contribution in [3.63, 3.8) is 0 Å². The van der Waals surface area contributed by atoms with Gasteiger partial charge in [0.05, 0.1) is 32.5 Å². The van der Waals surface area contributed by atoms with E-state index in [0.717, 1.165) is 18.7 Å². The van der Waals surface area contributed by atoms with Crippen LogP contribution in [0, 0.1) is 5.82 Å². The molecule has 2 N–H and O–H groups in total. The molecule has 0 radical (unpaired) electrons. The predicted octanol–water partition coefficient (Wildman–Crippen LogP) is 0.304. The van der Waals surface area contributed by atoms with Crippen molar-refractivity contribution >= 4 is 5.91 Å². The molecule has 2 unspecified atom stereocenters. The molecule has 7 heteroatoms. The SMILES string of the molecule is O=C(NCC(c1cccc(F)c1)N1CCOCC1)C1COCCN1. The number of hydrogen-bond acceptors (Lipinski definition) is 5. The maximum atomic E-state index is 13.6. The molecule has 2 atom stereocenters. The Labute approximate surface area is 141 Å². The zero-order valence-corrected chi connectivity index (χ0v) is 13.7. The highest BCUT2D eigenvalue weighted by Gasteiger charge is 2.26. The Morgan fingerprint density at radius 1 is 1.33 bits per heavy atom. The molecule has 24 heavy (non-hydrogen) atoms. The van der Waals surface area contributed by atoms with Crippen molar-refractivity contribution in [1.82, 2.24) is 15.5 Å². The van der Waals surface area contributed by atoms with Gasteiger partial charge in [0, 0.05) is 26.2 Å². The normalized spacial score (nSPS) is 23.6. The number of hydrogen-bond donors (Lipinski definition) is 2. The highest BCUT2D eigenvalue weighted by atomic mass is 19.1. The number of nitrogens with one attached hydrogen (secondary N) is 2. The first-order valence-electron chi connectivity index (χ1n) is 8.40. The van der Waals surface area contributed by atoms with Crippen LogP contribution in [0.15, 0.2) is 24.3 Å². The molecule has 1 amide bonds. The molecule has 0 bridgehead atoms. The molecule has 1 aromatic carbocycles. The lowest BCUT2D eigenvalue weighted by atomic mass is 10.0. The standard InChI is InChI=1S/C17H24FN3O3/c18-14-3-1-2-13(10-14)16(21-5-8-23-9-6-21)11-20-17(22)15-12-24-7-4-19-15/h1-3,10,15-16,19H,4-9,11-12H2,(H,20,22). The summed E-state index contributed by atoms with van der Waals surface area (Å²) in [6.45, 7) is 4.95. The minimum Gasteiger partial charge on any atom is -0.379 e. The van der Waals surface area contributed by atoms with E-state index in [1.807, 2.05) is 6.07 Å². The summed E-state index contributed by atoms with van der Waals surface area (Å²) in [5.74, 6) is -0.344. The maximum Gasteiger partial charge on any atom is 0.239 e. The third-order valence-electron chi connectivity index (χ3n) is 4.43. The van der Waals surface area contributed by atoms with Gasteiger partial charge in [0.1, 0.15) is 11.9 Å². The second-order valence-corrected chi connectivity index (χ2v) is 6.05. The van der Waals surface area contributed by atoms with Gasteiger partial charge in [0.2, 0.25) is 5.91 Å². The Kier molecular flexibility index (Phi) is 6.14. The number of morpholine rings is 2. The zero-order valence-electron chi connectivity index (χ0n) is 13.7. The molecule has 0 aromatic heterocycles. The van der Waals surface area contributed by atoms with Crippen LogP contribution >= 0.6 is 0 Å². The fourth-order valence-corrected chi connectivity index (χ4v) is 3.12. The van der Waals surface area contributed by atoms with Crippen molar-refractivity contribution in [2.24, 2.45) is 0 Å². The van der Waals surface area contributed by atoms with Crippen molar-refractivity contribution < 1.29 is 18.7 Å². The summed E-state index contributed by atoms with van der Waals surface area (Å²) >= 11 is 0. The van der Waals surface area contributed by atoms with E-state index in [4.69, 9.17) is 9.47 Å². The van der Waals surface area contributed by atoms with E-state index in [2.05, 4.69) is 15.5 Å². The van der Waals surface area contributed by atoms with Crippen LogP contribution in [0.2, 0.25) is 0 Å². The molecule has 1 aromatic rings. The van der Waals surface area contributed by atoms with Gasteiger partial charge in [-0.05, 0) is 17.7 Å². The molecule has 0 saturated carbocycles. The third kappa shape index (κ3) is 4.51. The van der Waals surface area contributed by atoms with E-state index in [0.29, 0.717) is 39.5 Å². The lowest BCUT2D eigenvalue weighted by Gasteiger charge is -2.35. The summed E-state index contributed by atoms with van der Waals surface area (Å²) in [4.78, 5) is 14.5. The average Bonchev–Trinajstić information content (AvgIpc) is 2.63. The van der Waals surface area contributed by atoms with Crippen molar-refractivity contribution in [3.05, 3.63) is 35.6 Å². The summed E-state index contributed by atoms with van der Waals surface area (Å²) < 4.78 is 24.4. The summed E-state index contributed by atoms with van der Waals surface area (Å²) in [7, 11) is 0. The molecule has 2 fully saturated rings. The molecule has 3 rings (SSSR count). The highest BCUT2D eigenvalue weighted by molar-refractivity contribution is 5.82. The molecule has 0 aliphatic carbocycles. The Morgan fingerprint density at radius 2 is 2.17 bits per heavy atom. The summed E-state index contributed by atoms with van der Waals surface area (Å²) in [6, 6.07) is 6.18. The molecule has 2 aliphatic rings. The van der Waals surface area contributed by atoms with Gasteiger partial charge in [-0.1, -0.05) is 12.1 Å². The summed E-state index contributed by atoms with van der Waals surface area (Å²) in [5.41, 5.74) is 0.866. The number of halogens is 1. The van der Waals surface area contributed by atoms with Crippen LogP contribution < -0.4 is 10.6 Å². The number of ether oxygens (including phenoxy) is 2. The number of amides is 1. The molecule has 2 saturated heterocycles. The molecule has 6 nitrogen and oxygen atoms in total. The van der Waals surface area contributed by atoms with Crippen molar-refractivity contribution in [2.75, 3.05) is 52.6 Å². The summed E-state index contributed by atoms with van der Waals surface area (Å²) in [5, 5.41) is 6.12. The Morgan fingerprint density at radius 3 is 2.88 bits per heavy atom. The maximum absolute atomic E-state index is 13.6. The van der Waals surface area contributed by atoms with Gasteiger partial charge in [-0.3, -0.25) is 9.69 Å². The Balaban J connectivity index is 1.66. The van der Waals surface area contributed by atoms with Gasteiger partial charge in [-0.15, -0.1) is 0 Å². The first kappa shape index (κ1) is 17.3. The van der Waals surface area contributed by atoms with Crippen LogP contribution in [0.1, 0.15) is 11.6 Å². The van der Waals surface area contributed by atoms with Gasteiger partial charge in [0.15, 0.2) is 0 Å². The average molecular weight is 337 g/mol. The molecule has 0 spiro atoms. The molecule has 2 aliphatic heterocycles. The lowest BCUT2D eigenvalue weighted by Crippen LogP contribution is -2.53. The van der Waals surface area contributed by atoms with E-state index in [1.165, 1.54) is 12.1 Å². The Hall–Kier alpha value is -1.54. The minimum atomic E-state index is -0.323. The van der Waals surface area contributed by atoms with Crippen LogP contribution in [-0.2, 0) is 14.3 Å². The monoisotopic (exact) mass is 337 g/mol. The van der Waals surface area contributed by atoms with Crippen molar-refractivity contribution in [2.45, 2.75) is 12.1 Å². The first-order valence-corrected chi connectivity index (χ1v) is 8.40. The van der Waals surface area contributed by atoms with Gasteiger partial charge < -0.3 is 20.1 Å². The van der Waals surface area contributed by atoms with E-state index in [1.54, 1.807) is 6.07 Å². The van der Waals surface area contributed by atoms with Gasteiger partial charge in [-0.25, -0.2) is 4.39 Å². The quantitative estimate of drug-likeness (QED) is 0.809. The number of carbonyl (C=O) groups excluding carboxylic acids is 1. The highest BCUT2D eigenvalue weighted by Crippen LogP contribution is 2.22. The van der Waals surface area contributed by atoms with Crippen LogP contribution in [0.5, 0.6) is 0 Å². The van der Waals surface area contributed by atoms with Crippen molar-refractivity contribution in [1.29, 1.82) is 0 Å². The third-order valence-corrected chi connectivity index (χ3v) is 4.43. The fourth-order valence-electron chi connectivity index (χ4n) is 3.12. The molecule has 132 valence electrons. The van der Waals surface area contributed by atoms with E-state index < -0.39 is 0 Å². The number of carbonyl (C=O) groups is 1. The topological polar surface area (TPSA) is 62.8 Å². The van der Waals surface area contributed by atoms with Crippen LogP contribution in [0.25, 0.3) is 0 Å². The van der Waals surface area contributed by atoms with Crippen LogP contribution in [-0.4, -0.2) is 69.5 Å². The molecule has 2 heterocycles. The zero-order chi connectivity index (χ0) is 16.8. The van der Waals surface area contributed by atoms with Gasteiger partial charge in [-0.2, -0.15) is 0 Å². The smallest absolute Gasteiger partial charge is 0.239 e. The predicted molar refractivity (Wildman–Crippen MR) is 87.2 cm³/mol. The van der Waals surface area contributed by atoms with E-state index in [9.17, 15) is 9.18 Å². The van der Waals surface area contributed by atoms with E-state index >= 15 is 0 Å². The largest absolute Gasteiger partial charge is 0.379 e. The molecular weight excluding hydrogens is 313 g/mol. The number of benzene rings is 1. The second kappa shape index (κ2) is 8.53. The van der Waals surface area contributed by atoms with Gasteiger partial charge >= 0.3 is 0 Å². The second-order valence-electron chi connectivity index (χ2n) is 6.05. The number of nitrogens with zero attached hydrogens (tertiary/aromatic N) is 1. The van der Waals surface area contributed by atoms with Crippen LogP contribution in [0.3, 0.4) is 0 Å². The van der Waals surface area contributed by atoms with Crippen LogP contribution in [0.4, 0.5) is 4.39 Å². The summed E-state index contributed by atoms with van der Waals surface area (Å²) in [6.07, 6.45) is 0. The van der Waals surface area contributed by atoms with E-state index in [-0.39, 0.29) is 23.8 Å². The lowest BCUT2D eigenvalue weighted by molar-refractivity contribution is -0.126. The van der Waals surface area contributed by atoms with Gasteiger partial charge in [0.25, 0.3) is 0 Å². The minimum absolute atomic E-state index is 0.0712. The molecular formula is C17H24FN3O3. The first-order chi connectivity index (χ1) is 11.7. The fraction of sp³-hybridized carbons (Fsp3) is 0.588. The van der Waals surface area contributed by atoms with Crippen molar-refractivity contribution in [3.8, 4) is 0 Å². The number of rotatable bonds is 5. The Bertz CT molecular complexity index is 546.